The fourth-order valence-corrected chi connectivity index (χ4v) is 5.13. The first-order chi connectivity index (χ1) is 16.9. The van der Waals surface area contributed by atoms with Gasteiger partial charge in [-0.3, -0.25) is 0 Å². The Morgan fingerprint density at radius 2 is 1.74 bits per heavy atom. The van der Waals surface area contributed by atoms with Crippen LogP contribution in [0.15, 0.2) is 71.8 Å². The summed E-state index contributed by atoms with van der Waals surface area (Å²) in [5.41, 5.74) is 2.98. The number of aromatic amines is 1. The van der Waals surface area contributed by atoms with Gasteiger partial charge < -0.3 is 10.3 Å². The van der Waals surface area contributed by atoms with Gasteiger partial charge in [0.1, 0.15) is 17.6 Å². The molecule has 1 saturated heterocycles. The van der Waals surface area contributed by atoms with Crippen LogP contribution in [0, 0.1) is 11.3 Å². The van der Waals surface area contributed by atoms with Gasteiger partial charge in [-0.25, -0.2) is 9.29 Å². The van der Waals surface area contributed by atoms with Crippen molar-refractivity contribution >= 4 is 28.7 Å². The number of nitrogens with zero attached hydrogens (tertiary/aromatic N) is 3. The number of hydrogen-bond donors (Lipinski definition) is 2. The molecule has 5 nitrogen and oxygen atoms in total. The van der Waals surface area contributed by atoms with Crippen LogP contribution in [-0.2, 0) is 6.18 Å². The van der Waals surface area contributed by atoms with E-state index in [0.717, 1.165) is 65.1 Å². The van der Waals surface area contributed by atoms with Crippen molar-refractivity contribution in [3.63, 3.8) is 0 Å². The van der Waals surface area contributed by atoms with Gasteiger partial charge in [0, 0.05) is 41.1 Å². The van der Waals surface area contributed by atoms with Gasteiger partial charge in [0.15, 0.2) is 0 Å². The average Bonchev–Trinajstić information content (AvgIpc) is 3.28. The maximum absolute atomic E-state index is 12.7. The van der Waals surface area contributed by atoms with Crippen molar-refractivity contribution in [2.24, 2.45) is 0 Å². The zero-order valence-corrected chi connectivity index (χ0v) is 19.5. The molecule has 0 amide bonds. The fraction of sp³-hybridized carbons (Fsp3) is 0.231. The number of H-pyrrole nitrogens is 1. The highest BCUT2D eigenvalue weighted by Crippen LogP contribution is 2.31. The van der Waals surface area contributed by atoms with Crippen molar-refractivity contribution in [3.05, 3.63) is 78.1 Å². The summed E-state index contributed by atoms with van der Waals surface area (Å²) >= 11 is 1.71. The quantitative estimate of drug-likeness (QED) is 0.303. The standard InChI is InChI=1S/C26H22F3N5S/c27-26(28,29)20-4-8-25(31-16-20)33-21-9-11-34(12-10-21)35-23-5-1-17(2-6-23)18-3-7-24-19(13-18)14-22(15-30)32-24/h1-8,13-14,16,21,32H,9-12H2,(H,31,33). The van der Waals surface area contributed by atoms with Crippen LogP contribution in [0.5, 0.6) is 0 Å². The van der Waals surface area contributed by atoms with Gasteiger partial charge in [-0.05, 0) is 78.4 Å². The zero-order chi connectivity index (χ0) is 24.4. The molecule has 5 rings (SSSR count). The Bertz CT molecular complexity index is 1350. The molecule has 1 aliphatic rings. The lowest BCUT2D eigenvalue weighted by atomic mass is 10.0. The molecule has 35 heavy (non-hydrogen) atoms. The highest BCUT2D eigenvalue weighted by molar-refractivity contribution is 7.97. The summed E-state index contributed by atoms with van der Waals surface area (Å²) in [4.78, 5) is 8.15. The summed E-state index contributed by atoms with van der Waals surface area (Å²) in [5.74, 6) is 0.473. The highest BCUT2D eigenvalue weighted by atomic mass is 32.2. The average molecular weight is 494 g/mol. The molecule has 0 atom stereocenters. The van der Waals surface area contributed by atoms with Crippen molar-refractivity contribution < 1.29 is 13.2 Å². The molecule has 0 aliphatic carbocycles. The zero-order valence-electron chi connectivity index (χ0n) is 18.6. The summed E-state index contributed by atoms with van der Waals surface area (Å²) in [6.45, 7) is 1.74. The van der Waals surface area contributed by atoms with Crippen LogP contribution in [0.4, 0.5) is 19.0 Å². The Morgan fingerprint density at radius 3 is 2.40 bits per heavy atom. The summed E-state index contributed by atoms with van der Waals surface area (Å²) in [7, 11) is 0. The molecule has 9 heteroatoms. The summed E-state index contributed by atoms with van der Waals surface area (Å²) < 4.78 is 40.4. The van der Waals surface area contributed by atoms with E-state index in [0.29, 0.717) is 11.5 Å². The number of nitriles is 1. The van der Waals surface area contributed by atoms with Gasteiger partial charge in [0.25, 0.3) is 0 Å². The molecule has 1 fully saturated rings. The van der Waals surface area contributed by atoms with Crippen molar-refractivity contribution in [2.45, 2.75) is 30.0 Å². The normalized spacial score (nSPS) is 15.3. The van der Waals surface area contributed by atoms with Crippen molar-refractivity contribution in [1.82, 2.24) is 14.3 Å². The molecule has 178 valence electrons. The second kappa shape index (κ2) is 9.64. The molecule has 0 saturated carbocycles. The van der Waals surface area contributed by atoms with Crippen LogP contribution in [0.25, 0.3) is 22.0 Å². The first-order valence-electron chi connectivity index (χ1n) is 11.2. The van der Waals surface area contributed by atoms with Crippen LogP contribution in [-0.4, -0.2) is 33.4 Å². The molecular formula is C26H22F3N5S. The summed E-state index contributed by atoms with van der Waals surface area (Å²) in [5, 5.41) is 13.3. The lowest BCUT2D eigenvalue weighted by Crippen LogP contribution is -2.35. The molecule has 0 radical (unpaired) electrons. The van der Waals surface area contributed by atoms with Crippen LogP contribution >= 0.6 is 11.9 Å². The number of aromatic nitrogens is 2. The molecule has 3 heterocycles. The SMILES string of the molecule is N#Cc1cc2cc(-c3ccc(SN4CCC(Nc5ccc(C(F)(F)F)cn5)CC4)cc3)ccc2[nH]1. The van der Waals surface area contributed by atoms with E-state index in [1.807, 2.05) is 18.2 Å². The molecule has 1 aliphatic heterocycles. The monoisotopic (exact) mass is 493 g/mol. The Morgan fingerprint density at radius 1 is 1.00 bits per heavy atom. The number of piperidine rings is 1. The van der Waals surface area contributed by atoms with E-state index in [1.165, 1.54) is 6.07 Å². The van der Waals surface area contributed by atoms with E-state index in [-0.39, 0.29) is 6.04 Å². The topological polar surface area (TPSA) is 67.7 Å². The van der Waals surface area contributed by atoms with Crippen molar-refractivity contribution in [3.8, 4) is 17.2 Å². The number of alkyl halides is 3. The molecule has 2 aromatic carbocycles. The first kappa shape index (κ1) is 23.3. The second-order valence-electron chi connectivity index (χ2n) is 8.49. The van der Waals surface area contributed by atoms with Gasteiger partial charge in [-0.15, -0.1) is 0 Å². The molecule has 2 aromatic heterocycles. The molecule has 0 bridgehead atoms. The number of rotatable bonds is 5. The number of halogens is 3. The summed E-state index contributed by atoms with van der Waals surface area (Å²) in [6, 6.07) is 21.2. The minimum Gasteiger partial charge on any atom is -0.367 e. The molecule has 0 unspecified atom stereocenters. The third kappa shape index (κ3) is 5.45. The smallest absolute Gasteiger partial charge is 0.367 e. The number of benzene rings is 2. The Kier molecular flexibility index (Phi) is 6.41. The largest absolute Gasteiger partial charge is 0.417 e. The molecule has 0 spiro atoms. The van der Waals surface area contributed by atoms with Crippen LogP contribution < -0.4 is 5.32 Å². The lowest BCUT2D eigenvalue weighted by molar-refractivity contribution is -0.137. The molecule has 2 N–H and O–H groups in total. The number of anilines is 1. The maximum atomic E-state index is 12.7. The van der Waals surface area contributed by atoms with Crippen LogP contribution in [0.2, 0.25) is 0 Å². The Balaban J connectivity index is 1.14. The Labute approximate surface area is 205 Å². The van der Waals surface area contributed by atoms with Crippen LogP contribution in [0.1, 0.15) is 24.1 Å². The van der Waals surface area contributed by atoms with E-state index in [1.54, 1.807) is 11.9 Å². The molecular weight excluding hydrogens is 471 g/mol. The van der Waals surface area contributed by atoms with E-state index in [2.05, 4.69) is 56.0 Å². The highest BCUT2D eigenvalue weighted by Gasteiger charge is 2.30. The van der Waals surface area contributed by atoms with Crippen molar-refractivity contribution in [2.75, 3.05) is 18.4 Å². The van der Waals surface area contributed by atoms with E-state index in [4.69, 9.17) is 5.26 Å². The lowest BCUT2D eigenvalue weighted by Gasteiger charge is -2.31. The van der Waals surface area contributed by atoms with E-state index >= 15 is 0 Å². The van der Waals surface area contributed by atoms with Gasteiger partial charge in [0.2, 0.25) is 0 Å². The van der Waals surface area contributed by atoms with Gasteiger partial charge >= 0.3 is 6.18 Å². The number of nitrogens with one attached hydrogen (secondary N) is 2. The maximum Gasteiger partial charge on any atom is 0.417 e. The second-order valence-corrected chi connectivity index (χ2v) is 9.66. The third-order valence-electron chi connectivity index (χ3n) is 6.06. The van der Waals surface area contributed by atoms with E-state index in [9.17, 15) is 13.2 Å². The first-order valence-corrected chi connectivity index (χ1v) is 12.0. The Hall–Kier alpha value is -3.48. The fourth-order valence-electron chi connectivity index (χ4n) is 4.18. The van der Waals surface area contributed by atoms with Gasteiger partial charge in [0.05, 0.1) is 5.56 Å². The van der Waals surface area contributed by atoms with Crippen LogP contribution in [0.3, 0.4) is 0 Å². The third-order valence-corrected chi connectivity index (χ3v) is 7.17. The minimum atomic E-state index is -4.37. The predicted molar refractivity (Wildman–Crippen MR) is 132 cm³/mol. The van der Waals surface area contributed by atoms with Crippen molar-refractivity contribution in [1.29, 1.82) is 5.26 Å². The molecule has 4 aromatic rings. The number of fused-ring (bicyclic) bond motifs is 1. The predicted octanol–water partition coefficient (Wildman–Crippen LogP) is 6.70. The number of pyridine rings is 1. The minimum absolute atomic E-state index is 0.184. The summed E-state index contributed by atoms with van der Waals surface area (Å²) in [6.07, 6.45) is -1.73. The van der Waals surface area contributed by atoms with E-state index < -0.39 is 11.7 Å². The van der Waals surface area contributed by atoms with Gasteiger partial charge in [-0.1, -0.05) is 18.2 Å². The number of hydrogen-bond acceptors (Lipinski definition) is 5. The van der Waals surface area contributed by atoms with Gasteiger partial charge in [-0.2, -0.15) is 18.4 Å².